The van der Waals surface area contributed by atoms with Crippen molar-refractivity contribution in [3.63, 3.8) is 0 Å². The van der Waals surface area contributed by atoms with Crippen molar-refractivity contribution in [2.75, 3.05) is 0 Å². The van der Waals surface area contributed by atoms with Gasteiger partial charge in [-0.1, -0.05) is 102 Å². The Bertz CT molecular complexity index is 1420. The van der Waals surface area contributed by atoms with Crippen molar-refractivity contribution in [1.82, 2.24) is 0 Å². The number of halogens is 2. The molecule has 4 nitrogen and oxygen atoms in total. The number of aromatic hydroxyl groups is 2. The second-order valence-corrected chi connectivity index (χ2v) is 15.9. The second kappa shape index (κ2) is 16.9. The molecule has 0 amide bonds. The van der Waals surface area contributed by atoms with Gasteiger partial charge in [0.2, 0.25) is 0 Å². The molecule has 0 aliphatic rings. The summed E-state index contributed by atoms with van der Waals surface area (Å²) in [6, 6.07) is 27.5. The van der Waals surface area contributed by atoms with Crippen molar-refractivity contribution >= 4 is 40.8 Å². The third-order valence-corrected chi connectivity index (χ3v) is 6.67. The monoisotopic (exact) mass is 694 g/mol. The summed E-state index contributed by atoms with van der Waals surface area (Å²) in [7, 11) is 9.87. The molecule has 2 N–H and O–H groups in total. The number of aryl methyl sites for hydroxylation is 2. The van der Waals surface area contributed by atoms with Gasteiger partial charge < -0.3 is 10.2 Å². The molecule has 0 spiro atoms. The number of hydrogen-bond donors (Lipinski definition) is 2. The number of para-hydroxylation sites is 4. The number of rotatable bonds is 4. The van der Waals surface area contributed by atoms with Crippen LogP contribution < -0.4 is 0 Å². The fourth-order valence-corrected chi connectivity index (χ4v) is 4.24. The molecule has 0 aliphatic heterocycles. The average Bonchev–Trinajstić information content (AvgIpc) is 2.93. The fourth-order valence-electron chi connectivity index (χ4n) is 4.24. The topological polar surface area (TPSA) is 65.2 Å². The normalized spacial score (nSPS) is 11.5. The van der Waals surface area contributed by atoms with E-state index in [1.807, 2.05) is 98.8 Å². The van der Waals surface area contributed by atoms with E-state index in [1.54, 1.807) is 12.4 Å². The maximum atomic E-state index is 10.4. The zero-order chi connectivity index (χ0) is 32.2. The molecule has 0 aliphatic carbocycles. The van der Waals surface area contributed by atoms with E-state index in [1.165, 1.54) is 0 Å². The predicted molar refractivity (Wildman–Crippen MR) is 182 cm³/mol. The molecule has 0 saturated carbocycles. The van der Waals surface area contributed by atoms with Gasteiger partial charge in [-0.05, 0) is 71.2 Å². The van der Waals surface area contributed by atoms with Gasteiger partial charge in [0.05, 0.1) is 11.4 Å². The Morgan fingerprint density at radius 2 is 0.884 bits per heavy atom. The van der Waals surface area contributed by atoms with Gasteiger partial charge >= 0.3 is 37.9 Å². The summed E-state index contributed by atoms with van der Waals surface area (Å²) < 4.78 is 0. The van der Waals surface area contributed by atoms with E-state index in [4.69, 9.17) is 17.0 Å². The molecule has 0 saturated heterocycles. The third-order valence-electron chi connectivity index (χ3n) is 6.67. The first-order valence-corrected chi connectivity index (χ1v) is 20.3. The number of benzene rings is 4. The van der Waals surface area contributed by atoms with Gasteiger partial charge in [-0.25, -0.2) is 0 Å². The Morgan fingerprint density at radius 1 is 0.558 bits per heavy atom. The van der Waals surface area contributed by atoms with E-state index in [0.29, 0.717) is 11.5 Å². The van der Waals surface area contributed by atoms with Gasteiger partial charge in [0.15, 0.2) is 0 Å². The van der Waals surface area contributed by atoms with Crippen molar-refractivity contribution in [1.29, 1.82) is 0 Å². The molecule has 0 radical (unpaired) electrons. The third kappa shape index (κ3) is 11.4. The fraction of sp³-hybridized carbons (Fsp3) is 0.278. The van der Waals surface area contributed by atoms with E-state index in [0.717, 1.165) is 44.8 Å². The molecule has 0 bridgehead atoms. The van der Waals surface area contributed by atoms with Crippen LogP contribution in [0.1, 0.15) is 74.9 Å². The molecule has 4 aromatic rings. The minimum atomic E-state index is -0.826. The van der Waals surface area contributed by atoms with Crippen LogP contribution in [0.4, 0.5) is 11.4 Å². The zero-order valence-electron chi connectivity index (χ0n) is 26.3. The summed E-state index contributed by atoms with van der Waals surface area (Å²) in [5.41, 5.74) is 7.29. The van der Waals surface area contributed by atoms with E-state index in [2.05, 4.69) is 51.5 Å². The second-order valence-electron chi connectivity index (χ2n) is 12.1. The van der Waals surface area contributed by atoms with Crippen molar-refractivity contribution < 1.29 is 31.1 Å². The van der Waals surface area contributed by atoms with Crippen LogP contribution in [-0.4, -0.2) is 22.6 Å². The molecular formula is C36H42Cl2N2O2Zr. The Balaban J connectivity index is 0.000000275. The van der Waals surface area contributed by atoms with Gasteiger partial charge in [-0.2, -0.15) is 0 Å². The SMILES string of the molecule is Cc1ccccc1N=Cc1cccc(C(C)(C)C)c1O.Cc1ccccc1N=Cc1cccc(C(C)(C)C)c1O.[Cl][Zr][Cl]. The minimum absolute atomic E-state index is 0.0867. The summed E-state index contributed by atoms with van der Waals surface area (Å²) in [5.74, 6) is 0.634. The van der Waals surface area contributed by atoms with Gasteiger partial charge in [-0.3, -0.25) is 9.98 Å². The molecule has 0 aromatic heterocycles. The van der Waals surface area contributed by atoms with E-state index in [9.17, 15) is 10.2 Å². The Morgan fingerprint density at radius 3 is 1.19 bits per heavy atom. The molecule has 226 valence electrons. The summed E-state index contributed by atoms with van der Waals surface area (Å²) in [6.07, 6.45) is 3.46. The van der Waals surface area contributed by atoms with Crippen LogP contribution in [0.25, 0.3) is 0 Å². The molecule has 7 heteroatoms. The number of hydrogen-bond acceptors (Lipinski definition) is 4. The van der Waals surface area contributed by atoms with Crippen LogP contribution in [0.5, 0.6) is 11.5 Å². The number of phenolic OH excluding ortho intramolecular Hbond substituents is 2. The molecule has 4 aromatic carbocycles. The van der Waals surface area contributed by atoms with Crippen LogP contribution in [0.2, 0.25) is 0 Å². The number of nitrogens with zero attached hydrogens (tertiary/aromatic N) is 2. The van der Waals surface area contributed by atoms with Crippen LogP contribution in [0.3, 0.4) is 0 Å². The van der Waals surface area contributed by atoms with E-state index in [-0.39, 0.29) is 10.8 Å². The van der Waals surface area contributed by atoms with Gasteiger partial charge in [0.1, 0.15) is 11.5 Å². The molecule has 4 rings (SSSR count). The Hall–Kier alpha value is -2.72. The molecule has 0 heterocycles. The van der Waals surface area contributed by atoms with Gasteiger partial charge in [0, 0.05) is 23.6 Å². The van der Waals surface area contributed by atoms with Crippen LogP contribution in [0.15, 0.2) is 94.9 Å². The van der Waals surface area contributed by atoms with Gasteiger partial charge in [0.25, 0.3) is 0 Å². The summed E-state index contributed by atoms with van der Waals surface area (Å²) in [6.45, 7) is 16.6. The van der Waals surface area contributed by atoms with Crippen molar-refractivity contribution in [3.05, 3.63) is 118 Å². The summed E-state index contributed by atoms with van der Waals surface area (Å²) in [5, 5.41) is 20.8. The maximum absolute atomic E-state index is 10.4. The number of aliphatic imine (C=N–C) groups is 2. The summed E-state index contributed by atoms with van der Waals surface area (Å²) >= 11 is -0.826. The van der Waals surface area contributed by atoms with Crippen molar-refractivity contribution in [3.8, 4) is 11.5 Å². The van der Waals surface area contributed by atoms with Gasteiger partial charge in [-0.15, -0.1) is 0 Å². The van der Waals surface area contributed by atoms with Crippen LogP contribution in [-0.2, 0) is 31.7 Å². The van der Waals surface area contributed by atoms with E-state index < -0.39 is 20.8 Å². The zero-order valence-corrected chi connectivity index (χ0v) is 30.3. The first-order chi connectivity index (χ1) is 20.2. The predicted octanol–water partition coefficient (Wildman–Crippen LogP) is 10.9. The Kier molecular flexibility index (Phi) is 14.4. The summed E-state index contributed by atoms with van der Waals surface area (Å²) in [4.78, 5) is 8.95. The first-order valence-electron chi connectivity index (χ1n) is 14.0. The van der Waals surface area contributed by atoms with Crippen molar-refractivity contribution in [2.24, 2.45) is 9.98 Å². The molecule has 43 heavy (non-hydrogen) atoms. The Labute approximate surface area is 276 Å². The first kappa shape index (κ1) is 36.5. The van der Waals surface area contributed by atoms with Crippen LogP contribution in [0, 0.1) is 13.8 Å². The molecule has 0 fully saturated rings. The standard InChI is InChI=1S/2C18H21NO.2ClH.Zr/c2*1-13-8-5-6-11-16(13)19-12-14-9-7-10-15(17(14)20)18(2,3)4;;;/h2*5-12,20H,1-4H3;2*1H;/q;;;;+2/p-2. The van der Waals surface area contributed by atoms with Crippen LogP contribution >= 0.6 is 17.0 Å². The number of phenols is 2. The van der Waals surface area contributed by atoms with Crippen molar-refractivity contribution in [2.45, 2.75) is 66.2 Å². The quantitative estimate of drug-likeness (QED) is 0.209. The molecule has 0 unspecified atom stereocenters. The molecule has 0 atom stereocenters. The molecular weight excluding hydrogens is 655 g/mol. The average molecular weight is 697 g/mol. The van der Waals surface area contributed by atoms with E-state index >= 15 is 0 Å².